The molecule has 0 aromatic carbocycles. The highest BCUT2D eigenvalue weighted by atomic mass is 19.1. The average molecular weight is 279 g/mol. The lowest BCUT2D eigenvalue weighted by atomic mass is 9.75. The molecule has 0 bridgehead atoms. The highest BCUT2D eigenvalue weighted by molar-refractivity contribution is 5.82. The number of H-pyrrole nitrogens is 1. The molecule has 0 saturated heterocycles. The molecule has 2 aromatic heterocycles. The maximum Gasteiger partial charge on any atom is 0.312 e. The zero-order valence-electron chi connectivity index (χ0n) is 12.7. The maximum atomic E-state index is 13.5. The van der Waals surface area contributed by atoms with Crippen LogP contribution < -0.4 is 5.32 Å². The van der Waals surface area contributed by atoms with Gasteiger partial charge in [0.1, 0.15) is 5.52 Å². The summed E-state index contributed by atoms with van der Waals surface area (Å²) >= 11 is 0. The first kappa shape index (κ1) is 14.7. The van der Waals surface area contributed by atoms with Gasteiger partial charge >= 0.3 is 6.08 Å². The number of nitrogens with zero attached hydrogens (tertiary/aromatic N) is 3. The van der Waals surface area contributed by atoms with Crippen LogP contribution in [0.1, 0.15) is 41.0 Å². The van der Waals surface area contributed by atoms with Crippen LogP contribution in [0.3, 0.4) is 0 Å². The summed E-state index contributed by atoms with van der Waals surface area (Å²) in [6.45, 7) is 10.8. The second-order valence-electron chi connectivity index (χ2n) is 5.77. The lowest BCUT2D eigenvalue weighted by Gasteiger charge is -2.42. The Labute approximate surface area is 118 Å². The molecule has 5 nitrogen and oxygen atoms in total. The summed E-state index contributed by atoms with van der Waals surface area (Å²) in [6.07, 6.45) is 1.66. The molecule has 2 aromatic rings. The molecule has 110 valence electrons. The normalized spacial score (nSPS) is 12.6. The summed E-state index contributed by atoms with van der Waals surface area (Å²) in [7, 11) is 0. The summed E-state index contributed by atoms with van der Waals surface area (Å²) in [6, 6.07) is 0. The standard InChI is InChI=1S/C14H22FN5/c1-6-14(8(2)3,9(4)5)20-12-10-11(17-7-16-10)18-13(15)19-12/h7-9H,6H2,1-5H3,(H2,16,17,18,19,20). The van der Waals surface area contributed by atoms with E-state index >= 15 is 0 Å². The van der Waals surface area contributed by atoms with Crippen molar-refractivity contribution in [2.45, 2.75) is 46.6 Å². The molecular formula is C14H22FN5. The topological polar surface area (TPSA) is 66.5 Å². The third kappa shape index (κ3) is 2.34. The maximum absolute atomic E-state index is 13.5. The Morgan fingerprint density at radius 1 is 1.25 bits per heavy atom. The lowest BCUT2D eigenvalue weighted by molar-refractivity contribution is 0.243. The number of aromatic nitrogens is 4. The van der Waals surface area contributed by atoms with Gasteiger partial charge in [-0.15, -0.1) is 0 Å². The highest BCUT2D eigenvalue weighted by Gasteiger charge is 2.36. The molecule has 0 saturated carbocycles. The predicted molar refractivity (Wildman–Crippen MR) is 78.0 cm³/mol. The Bertz CT molecular complexity index is 582. The van der Waals surface area contributed by atoms with Crippen molar-refractivity contribution >= 4 is 17.0 Å². The van der Waals surface area contributed by atoms with Gasteiger partial charge in [-0.3, -0.25) is 0 Å². The van der Waals surface area contributed by atoms with Gasteiger partial charge < -0.3 is 10.3 Å². The van der Waals surface area contributed by atoms with Crippen molar-refractivity contribution in [2.24, 2.45) is 11.8 Å². The molecule has 6 heteroatoms. The van der Waals surface area contributed by atoms with Gasteiger partial charge in [-0.25, -0.2) is 4.98 Å². The first-order valence-electron chi connectivity index (χ1n) is 7.05. The van der Waals surface area contributed by atoms with Gasteiger partial charge in [-0.05, 0) is 18.3 Å². The minimum atomic E-state index is -0.760. The van der Waals surface area contributed by atoms with Crippen molar-refractivity contribution in [2.75, 3.05) is 5.32 Å². The number of hydrogen-bond donors (Lipinski definition) is 2. The molecule has 0 aliphatic heterocycles. The number of aromatic amines is 1. The van der Waals surface area contributed by atoms with Gasteiger partial charge in [0.25, 0.3) is 0 Å². The molecule has 20 heavy (non-hydrogen) atoms. The number of fused-ring (bicyclic) bond motifs is 1. The van der Waals surface area contributed by atoms with E-state index in [-0.39, 0.29) is 5.54 Å². The molecule has 2 heterocycles. The Balaban J connectivity index is 2.51. The molecule has 0 spiro atoms. The first-order valence-corrected chi connectivity index (χ1v) is 7.05. The van der Waals surface area contributed by atoms with Gasteiger partial charge in [0.15, 0.2) is 11.5 Å². The molecule has 0 aliphatic carbocycles. The second-order valence-corrected chi connectivity index (χ2v) is 5.77. The molecule has 0 atom stereocenters. The highest BCUT2D eigenvalue weighted by Crippen LogP contribution is 2.34. The second kappa shape index (κ2) is 5.34. The number of nitrogens with one attached hydrogen (secondary N) is 2. The summed E-state index contributed by atoms with van der Waals surface area (Å²) in [5, 5.41) is 3.45. The Morgan fingerprint density at radius 2 is 1.90 bits per heavy atom. The molecule has 2 rings (SSSR count). The molecule has 0 radical (unpaired) electrons. The van der Waals surface area contributed by atoms with E-state index in [9.17, 15) is 4.39 Å². The monoisotopic (exact) mass is 279 g/mol. The van der Waals surface area contributed by atoms with Crippen molar-refractivity contribution in [1.82, 2.24) is 19.9 Å². The fourth-order valence-corrected chi connectivity index (χ4v) is 2.98. The molecule has 2 N–H and O–H groups in total. The SMILES string of the molecule is CCC(Nc1nc(F)nc2nc[nH]c12)(C(C)C)C(C)C. The van der Waals surface area contributed by atoms with E-state index < -0.39 is 6.08 Å². The van der Waals surface area contributed by atoms with Crippen molar-refractivity contribution in [1.29, 1.82) is 0 Å². The summed E-state index contributed by atoms with van der Waals surface area (Å²) in [4.78, 5) is 14.6. The quantitative estimate of drug-likeness (QED) is 0.824. The van der Waals surface area contributed by atoms with Crippen LogP contribution in [0.4, 0.5) is 10.2 Å². The third-order valence-electron chi connectivity index (χ3n) is 4.26. The van der Waals surface area contributed by atoms with Crippen LogP contribution in [0, 0.1) is 17.9 Å². The van der Waals surface area contributed by atoms with Gasteiger partial charge in [0, 0.05) is 5.54 Å². The Morgan fingerprint density at radius 3 is 2.45 bits per heavy atom. The van der Waals surface area contributed by atoms with Gasteiger partial charge in [-0.2, -0.15) is 14.4 Å². The van der Waals surface area contributed by atoms with Crippen molar-refractivity contribution in [3.8, 4) is 0 Å². The lowest BCUT2D eigenvalue weighted by Crippen LogP contribution is -2.48. The molecule has 0 unspecified atom stereocenters. The molecular weight excluding hydrogens is 257 g/mol. The predicted octanol–water partition coefficient (Wildman–Crippen LogP) is 3.36. The van der Waals surface area contributed by atoms with Gasteiger partial charge in [-0.1, -0.05) is 34.6 Å². The number of halogens is 1. The largest absolute Gasteiger partial charge is 0.362 e. The van der Waals surface area contributed by atoms with Crippen molar-refractivity contribution < 1.29 is 4.39 Å². The number of anilines is 1. The van der Waals surface area contributed by atoms with Crippen molar-refractivity contribution in [3.05, 3.63) is 12.4 Å². The molecule has 0 fully saturated rings. The number of imidazole rings is 1. The minimum Gasteiger partial charge on any atom is -0.362 e. The zero-order chi connectivity index (χ0) is 14.9. The van der Waals surface area contributed by atoms with E-state index in [1.807, 2.05) is 0 Å². The summed E-state index contributed by atoms with van der Waals surface area (Å²) in [5.74, 6) is 1.24. The number of rotatable bonds is 5. The van der Waals surface area contributed by atoms with E-state index in [0.29, 0.717) is 28.8 Å². The fourth-order valence-electron chi connectivity index (χ4n) is 2.98. The van der Waals surface area contributed by atoms with Crippen LogP contribution in [0.25, 0.3) is 11.2 Å². The van der Waals surface area contributed by atoms with E-state index in [2.05, 4.69) is 59.9 Å². The van der Waals surface area contributed by atoms with Gasteiger partial charge in [0.05, 0.1) is 6.33 Å². The number of hydrogen-bond acceptors (Lipinski definition) is 4. The van der Waals surface area contributed by atoms with Crippen LogP contribution in [-0.2, 0) is 0 Å². The van der Waals surface area contributed by atoms with E-state index in [1.165, 1.54) is 6.33 Å². The van der Waals surface area contributed by atoms with E-state index in [1.54, 1.807) is 0 Å². The molecule has 0 aliphatic rings. The van der Waals surface area contributed by atoms with E-state index in [0.717, 1.165) is 6.42 Å². The van der Waals surface area contributed by atoms with Crippen LogP contribution in [0.5, 0.6) is 0 Å². The van der Waals surface area contributed by atoms with Crippen LogP contribution in [-0.4, -0.2) is 25.5 Å². The first-order chi connectivity index (χ1) is 9.40. The van der Waals surface area contributed by atoms with Crippen LogP contribution in [0.15, 0.2) is 6.33 Å². The summed E-state index contributed by atoms with van der Waals surface area (Å²) < 4.78 is 13.5. The Hall–Kier alpha value is -1.72. The van der Waals surface area contributed by atoms with Crippen molar-refractivity contribution in [3.63, 3.8) is 0 Å². The van der Waals surface area contributed by atoms with Crippen LogP contribution in [0.2, 0.25) is 0 Å². The minimum absolute atomic E-state index is 0.154. The summed E-state index contributed by atoms with van der Waals surface area (Å²) in [5.41, 5.74) is 0.835. The molecule has 0 amide bonds. The van der Waals surface area contributed by atoms with E-state index in [4.69, 9.17) is 0 Å². The smallest absolute Gasteiger partial charge is 0.312 e. The average Bonchev–Trinajstić information content (AvgIpc) is 2.82. The fraction of sp³-hybridized carbons (Fsp3) is 0.643. The zero-order valence-corrected chi connectivity index (χ0v) is 12.7. The van der Waals surface area contributed by atoms with Crippen LogP contribution >= 0.6 is 0 Å². The third-order valence-corrected chi connectivity index (χ3v) is 4.26. The van der Waals surface area contributed by atoms with Gasteiger partial charge in [0.2, 0.25) is 0 Å². The Kier molecular flexibility index (Phi) is 3.92.